The quantitative estimate of drug-likeness (QED) is 0.736. The van der Waals surface area contributed by atoms with Crippen molar-refractivity contribution in [3.8, 4) is 0 Å². The molecule has 1 aliphatic rings. The summed E-state index contributed by atoms with van der Waals surface area (Å²) in [5.41, 5.74) is 6.69. The van der Waals surface area contributed by atoms with Gasteiger partial charge in [0.05, 0.1) is 9.92 Å². The summed E-state index contributed by atoms with van der Waals surface area (Å²) in [6.07, 6.45) is 0. The summed E-state index contributed by atoms with van der Waals surface area (Å²) >= 11 is 10.6. The molecule has 2 aromatic carbocycles. The van der Waals surface area contributed by atoms with Crippen molar-refractivity contribution in [1.29, 1.82) is 0 Å². The molecule has 10 heteroatoms. The summed E-state index contributed by atoms with van der Waals surface area (Å²) in [5, 5.41) is -0.254. The Bertz CT molecular complexity index is 1020. The van der Waals surface area contributed by atoms with Gasteiger partial charge in [-0.2, -0.15) is 4.31 Å². The summed E-state index contributed by atoms with van der Waals surface area (Å²) in [6, 6.07) is 9.92. The highest BCUT2D eigenvalue weighted by molar-refractivity contribution is 7.89. The molecule has 1 saturated heterocycles. The Hall–Kier alpha value is -2.07. The van der Waals surface area contributed by atoms with Gasteiger partial charge in [-0.05, 0) is 30.3 Å². The molecule has 28 heavy (non-hydrogen) atoms. The van der Waals surface area contributed by atoms with Crippen LogP contribution >= 0.6 is 23.8 Å². The summed E-state index contributed by atoms with van der Waals surface area (Å²) in [5.74, 6) is -0.881. The third-order valence-electron chi connectivity index (χ3n) is 4.47. The van der Waals surface area contributed by atoms with E-state index in [9.17, 15) is 17.6 Å². The van der Waals surface area contributed by atoms with Crippen molar-refractivity contribution < 1.29 is 17.6 Å². The minimum absolute atomic E-state index is 0.0768. The van der Waals surface area contributed by atoms with Gasteiger partial charge in [-0.15, -0.1) is 0 Å². The number of sulfonamides is 1. The third-order valence-corrected chi connectivity index (χ3v) is 6.89. The predicted octanol–water partition coefficient (Wildman–Crippen LogP) is 2.26. The fourth-order valence-electron chi connectivity index (χ4n) is 2.88. The second-order valence-electron chi connectivity index (χ2n) is 6.21. The third kappa shape index (κ3) is 4.17. The lowest BCUT2D eigenvalue weighted by atomic mass is 10.1. The number of carbonyl (C=O) groups excluding carboxylic acids is 1. The predicted molar refractivity (Wildman–Crippen MR) is 108 cm³/mol. The maximum atomic E-state index is 13.3. The monoisotopic (exact) mass is 441 g/mol. The van der Waals surface area contributed by atoms with E-state index in [0.717, 1.165) is 12.1 Å². The summed E-state index contributed by atoms with van der Waals surface area (Å²) in [4.78, 5) is 14.4. The molecule has 0 saturated carbocycles. The number of piperazine rings is 1. The molecular weight excluding hydrogens is 425 g/mol. The van der Waals surface area contributed by atoms with E-state index in [1.165, 1.54) is 10.4 Å². The van der Waals surface area contributed by atoms with E-state index in [1.54, 1.807) is 29.2 Å². The molecule has 0 aliphatic carbocycles. The summed E-state index contributed by atoms with van der Waals surface area (Å²) in [6.45, 7) is 0.746. The first-order valence-corrected chi connectivity index (χ1v) is 10.6. The lowest BCUT2D eigenvalue weighted by Gasteiger charge is -2.34. The molecule has 1 fully saturated rings. The van der Waals surface area contributed by atoms with E-state index >= 15 is 0 Å². The average molecular weight is 442 g/mol. The highest BCUT2D eigenvalue weighted by atomic mass is 35.5. The van der Waals surface area contributed by atoms with Crippen LogP contribution in [0.1, 0.15) is 15.9 Å². The number of rotatable bonds is 4. The zero-order valence-electron chi connectivity index (χ0n) is 14.6. The largest absolute Gasteiger partial charge is 0.389 e. The number of amides is 1. The Morgan fingerprint density at radius 2 is 1.61 bits per heavy atom. The number of benzene rings is 2. The Labute approximate surface area is 172 Å². The summed E-state index contributed by atoms with van der Waals surface area (Å²) in [7, 11) is -3.81. The van der Waals surface area contributed by atoms with Crippen molar-refractivity contribution in [3.05, 3.63) is 64.4 Å². The van der Waals surface area contributed by atoms with Gasteiger partial charge in [0, 0.05) is 37.3 Å². The number of carbonyl (C=O) groups is 1. The van der Waals surface area contributed by atoms with E-state index in [-0.39, 0.29) is 47.0 Å². The van der Waals surface area contributed by atoms with Crippen LogP contribution in [-0.2, 0) is 10.0 Å². The van der Waals surface area contributed by atoms with Crippen molar-refractivity contribution in [1.82, 2.24) is 9.21 Å². The lowest BCUT2D eigenvalue weighted by molar-refractivity contribution is 0.0698. The molecule has 0 atom stereocenters. The maximum Gasteiger partial charge on any atom is 0.253 e. The molecule has 2 aromatic rings. The van der Waals surface area contributed by atoms with Crippen molar-refractivity contribution in [2.75, 3.05) is 26.2 Å². The second kappa shape index (κ2) is 8.12. The van der Waals surface area contributed by atoms with Crippen molar-refractivity contribution >= 4 is 44.7 Å². The van der Waals surface area contributed by atoms with Crippen LogP contribution in [0.3, 0.4) is 0 Å². The molecule has 6 nitrogen and oxygen atoms in total. The van der Waals surface area contributed by atoms with Gasteiger partial charge in [0.2, 0.25) is 10.0 Å². The first-order chi connectivity index (χ1) is 13.2. The Kier molecular flexibility index (Phi) is 5.99. The Morgan fingerprint density at radius 3 is 2.14 bits per heavy atom. The number of nitrogens with two attached hydrogens (primary N) is 1. The van der Waals surface area contributed by atoms with Gasteiger partial charge in [-0.3, -0.25) is 4.79 Å². The zero-order chi connectivity index (χ0) is 20.5. The number of halogens is 2. The highest BCUT2D eigenvalue weighted by Gasteiger charge is 2.30. The molecule has 0 unspecified atom stereocenters. The molecule has 148 valence electrons. The van der Waals surface area contributed by atoms with Crippen molar-refractivity contribution in [2.24, 2.45) is 5.73 Å². The van der Waals surface area contributed by atoms with Gasteiger partial charge in [0.25, 0.3) is 5.91 Å². The van der Waals surface area contributed by atoms with Crippen LogP contribution in [0.2, 0.25) is 5.02 Å². The molecule has 1 aliphatic heterocycles. The van der Waals surface area contributed by atoms with E-state index in [4.69, 9.17) is 29.6 Å². The smallest absolute Gasteiger partial charge is 0.253 e. The van der Waals surface area contributed by atoms with Crippen molar-refractivity contribution in [2.45, 2.75) is 4.90 Å². The Morgan fingerprint density at radius 1 is 1.04 bits per heavy atom. The fraction of sp³-hybridized carbons (Fsp3) is 0.222. The topological polar surface area (TPSA) is 83.7 Å². The first-order valence-electron chi connectivity index (χ1n) is 8.34. The van der Waals surface area contributed by atoms with E-state index in [0.29, 0.717) is 11.1 Å². The number of thiocarbonyl (C=S) groups is 1. The normalized spacial score (nSPS) is 15.4. The first kappa shape index (κ1) is 20.7. The van der Waals surface area contributed by atoms with Crippen LogP contribution in [0.4, 0.5) is 4.39 Å². The molecular formula is C18H17ClFN3O3S2. The van der Waals surface area contributed by atoms with Gasteiger partial charge < -0.3 is 10.6 Å². The van der Waals surface area contributed by atoms with Crippen LogP contribution in [0.5, 0.6) is 0 Å². The minimum atomic E-state index is -3.81. The summed E-state index contributed by atoms with van der Waals surface area (Å²) < 4.78 is 40.0. The van der Waals surface area contributed by atoms with E-state index in [1.807, 2.05) is 0 Å². The molecule has 2 N–H and O–H groups in total. The van der Waals surface area contributed by atoms with Crippen LogP contribution in [0, 0.1) is 5.82 Å². The molecule has 0 bridgehead atoms. The van der Waals surface area contributed by atoms with Gasteiger partial charge in [0.1, 0.15) is 10.8 Å². The number of nitrogens with zero attached hydrogens (tertiary/aromatic N) is 2. The second-order valence-corrected chi connectivity index (χ2v) is 9.00. The van der Waals surface area contributed by atoms with Crippen molar-refractivity contribution in [3.63, 3.8) is 0 Å². The SMILES string of the molecule is NC(=S)c1ccc(C(=O)N2CCN(S(=O)(=O)c3ccc(F)c(Cl)c3)CC2)cc1. The molecule has 0 spiro atoms. The van der Waals surface area contributed by atoms with Gasteiger partial charge in [-0.25, -0.2) is 12.8 Å². The number of hydrogen-bond donors (Lipinski definition) is 1. The average Bonchev–Trinajstić information content (AvgIpc) is 2.69. The maximum absolute atomic E-state index is 13.3. The van der Waals surface area contributed by atoms with E-state index in [2.05, 4.69) is 0 Å². The zero-order valence-corrected chi connectivity index (χ0v) is 17.0. The van der Waals surface area contributed by atoms with Crippen LogP contribution in [-0.4, -0.2) is 54.7 Å². The Balaban J connectivity index is 1.68. The minimum Gasteiger partial charge on any atom is -0.389 e. The highest BCUT2D eigenvalue weighted by Crippen LogP contribution is 2.23. The van der Waals surface area contributed by atoms with Gasteiger partial charge >= 0.3 is 0 Å². The fourth-order valence-corrected chi connectivity index (χ4v) is 4.71. The molecule has 3 rings (SSSR count). The standard InChI is InChI=1S/C18H17ClFN3O3S2/c19-15-11-14(5-6-16(15)20)28(25,26)23-9-7-22(8-10-23)18(24)13-3-1-12(2-4-13)17(21)27/h1-6,11H,7-10H2,(H2,21,27). The van der Waals surface area contributed by atoms with Crippen LogP contribution in [0.25, 0.3) is 0 Å². The van der Waals surface area contributed by atoms with Crippen LogP contribution in [0.15, 0.2) is 47.4 Å². The van der Waals surface area contributed by atoms with Crippen LogP contribution < -0.4 is 5.73 Å². The molecule has 0 radical (unpaired) electrons. The van der Waals surface area contributed by atoms with E-state index < -0.39 is 15.8 Å². The molecule has 0 aromatic heterocycles. The number of hydrogen-bond acceptors (Lipinski definition) is 4. The van der Waals surface area contributed by atoms with Gasteiger partial charge in [0.15, 0.2) is 0 Å². The van der Waals surface area contributed by atoms with Gasteiger partial charge in [-0.1, -0.05) is 36.0 Å². The molecule has 1 heterocycles. The molecule has 1 amide bonds. The lowest BCUT2D eigenvalue weighted by Crippen LogP contribution is -2.50.